The normalized spacial score (nSPS) is 14.1. The van der Waals surface area contributed by atoms with E-state index in [2.05, 4.69) is 29.6 Å². The third-order valence-electron chi connectivity index (χ3n) is 4.32. The maximum absolute atomic E-state index is 10.6. The molecule has 0 spiro atoms. The molecule has 0 aliphatic rings. The van der Waals surface area contributed by atoms with Gasteiger partial charge in [-0.3, -0.25) is 8.76 Å². The van der Waals surface area contributed by atoms with Crippen LogP contribution in [0.15, 0.2) is 94.7 Å². The van der Waals surface area contributed by atoms with Gasteiger partial charge < -0.3 is 15.6 Å². The lowest BCUT2D eigenvalue weighted by Gasteiger charge is -2.24. The minimum absolute atomic E-state index is 0.0383. The molecule has 0 fully saturated rings. The number of nitrogens with two attached hydrogens (primary N) is 1. The second-order valence-electron chi connectivity index (χ2n) is 6.27. The van der Waals surface area contributed by atoms with Crippen LogP contribution in [0.4, 0.5) is 0 Å². The third kappa shape index (κ3) is 6.56. The molecule has 0 aliphatic carbocycles. The van der Waals surface area contributed by atoms with Gasteiger partial charge in [-0.2, -0.15) is 8.42 Å². The zero-order valence-corrected chi connectivity index (χ0v) is 17.8. The lowest BCUT2D eigenvalue weighted by Crippen LogP contribution is -2.29. The highest BCUT2D eigenvalue weighted by Crippen LogP contribution is 2.26. The summed E-state index contributed by atoms with van der Waals surface area (Å²) >= 11 is -2.68. The second-order valence-corrected chi connectivity index (χ2v) is 8.57. The maximum atomic E-state index is 10.6. The van der Waals surface area contributed by atoms with Crippen LogP contribution in [0, 0.1) is 0 Å². The zero-order chi connectivity index (χ0) is 22.1. The summed E-state index contributed by atoms with van der Waals surface area (Å²) < 4.78 is 50.9. The molecule has 3 rings (SSSR count). The Morgan fingerprint density at radius 3 is 1.80 bits per heavy atom. The Bertz CT molecular complexity index is 1060. The Labute approximate surface area is 179 Å². The van der Waals surface area contributed by atoms with E-state index in [0.717, 1.165) is 17.7 Å². The van der Waals surface area contributed by atoms with Crippen LogP contribution in [-0.4, -0.2) is 28.8 Å². The predicted octanol–water partition coefficient (Wildman–Crippen LogP) is 2.82. The van der Waals surface area contributed by atoms with Gasteiger partial charge in [0.25, 0.3) is 10.1 Å². The van der Waals surface area contributed by atoms with Gasteiger partial charge in [0.2, 0.25) is 0 Å². The standard InChI is InChI=1S/C15H18N2.C6H6O5S2/c1-17-15(13-10-6-3-7-11-13)14(16)12-8-4-2-5-9-12;7-12(8)5-3-1-2-4-6(5)13(9,10)11/h2-11,14-15,17H,16H2,1H3;1-4H,(H,7,8)(H,9,10,11)/p-1/t14-,15-;/m1./s1. The molecule has 3 atom stereocenters. The van der Waals surface area contributed by atoms with E-state index < -0.39 is 31.0 Å². The zero-order valence-electron chi connectivity index (χ0n) is 16.2. The van der Waals surface area contributed by atoms with Crippen molar-refractivity contribution < 1.29 is 21.7 Å². The molecule has 4 N–H and O–H groups in total. The monoisotopic (exact) mass is 447 g/mol. The number of nitrogens with one attached hydrogen (secondary N) is 1. The van der Waals surface area contributed by atoms with Crippen LogP contribution in [0.25, 0.3) is 0 Å². The Morgan fingerprint density at radius 1 is 0.900 bits per heavy atom. The second kappa shape index (κ2) is 11.1. The quantitative estimate of drug-likeness (QED) is 0.391. The van der Waals surface area contributed by atoms with Crippen LogP contribution in [0.2, 0.25) is 0 Å². The van der Waals surface area contributed by atoms with E-state index in [4.69, 9.17) is 10.3 Å². The molecule has 0 saturated heterocycles. The van der Waals surface area contributed by atoms with Gasteiger partial charge in [-0.25, -0.2) is 0 Å². The van der Waals surface area contributed by atoms with Gasteiger partial charge in [-0.1, -0.05) is 72.8 Å². The first kappa shape index (κ1) is 23.9. The molecule has 0 aromatic heterocycles. The van der Waals surface area contributed by atoms with Gasteiger partial charge >= 0.3 is 0 Å². The molecule has 0 heterocycles. The minimum atomic E-state index is -4.47. The van der Waals surface area contributed by atoms with Crippen LogP contribution < -0.4 is 11.1 Å². The highest BCUT2D eigenvalue weighted by molar-refractivity contribution is 7.87. The van der Waals surface area contributed by atoms with Crippen molar-refractivity contribution in [3.8, 4) is 0 Å². The average molecular weight is 448 g/mol. The van der Waals surface area contributed by atoms with Crippen molar-refractivity contribution >= 4 is 21.2 Å². The van der Waals surface area contributed by atoms with E-state index in [1.54, 1.807) is 0 Å². The summed E-state index contributed by atoms with van der Waals surface area (Å²) in [5.74, 6) is 0. The molecule has 0 amide bonds. The van der Waals surface area contributed by atoms with Crippen molar-refractivity contribution in [2.24, 2.45) is 5.73 Å². The molecule has 7 nitrogen and oxygen atoms in total. The molecule has 3 aromatic rings. The van der Waals surface area contributed by atoms with Crippen LogP contribution in [-0.2, 0) is 21.2 Å². The topological polar surface area (TPSA) is 133 Å². The number of rotatable bonds is 6. The fraction of sp³-hybridized carbons (Fsp3) is 0.143. The van der Waals surface area contributed by atoms with Gasteiger partial charge in [-0.15, -0.1) is 0 Å². The fourth-order valence-electron chi connectivity index (χ4n) is 2.88. The van der Waals surface area contributed by atoms with Gasteiger partial charge in [0.05, 0.1) is 6.04 Å². The van der Waals surface area contributed by atoms with Crippen LogP contribution >= 0.6 is 0 Å². The molecule has 0 bridgehead atoms. The van der Waals surface area contributed by atoms with Crippen molar-refractivity contribution in [1.82, 2.24) is 5.32 Å². The molecular weight excluding hydrogens is 424 g/mol. The average Bonchev–Trinajstić information content (AvgIpc) is 2.75. The summed E-state index contributed by atoms with van der Waals surface area (Å²) in [6, 6.07) is 25.4. The van der Waals surface area contributed by atoms with Crippen LogP contribution in [0.5, 0.6) is 0 Å². The summed E-state index contributed by atoms with van der Waals surface area (Å²) in [7, 11) is -2.53. The Morgan fingerprint density at radius 2 is 1.37 bits per heavy atom. The molecular formula is C21H23N2O5S2-. The van der Waals surface area contributed by atoms with Gasteiger partial charge in [0.15, 0.2) is 0 Å². The van der Waals surface area contributed by atoms with E-state index in [-0.39, 0.29) is 12.1 Å². The van der Waals surface area contributed by atoms with E-state index in [0.29, 0.717) is 0 Å². The van der Waals surface area contributed by atoms with Crippen molar-refractivity contribution in [2.75, 3.05) is 7.05 Å². The largest absolute Gasteiger partial charge is 0.768 e. The minimum Gasteiger partial charge on any atom is -0.768 e. The van der Waals surface area contributed by atoms with Gasteiger partial charge in [0, 0.05) is 10.9 Å². The summed E-state index contributed by atoms with van der Waals surface area (Å²) in [6.07, 6.45) is 0. The smallest absolute Gasteiger partial charge is 0.295 e. The molecule has 0 radical (unpaired) electrons. The Balaban J connectivity index is 0.000000222. The molecule has 1 unspecified atom stereocenters. The SMILES string of the molecule is CN[C@H](c1ccccc1)[C@H](N)c1ccccc1.O=S([O-])c1ccccc1S(=O)(=O)O. The maximum Gasteiger partial charge on any atom is 0.295 e. The van der Waals surface area contributed by atoms with E-state index in [1.165, 1.54) is 17.7 Å². The van der Waals surface area contributed by atoms with Crippen molar-refractivity contribution in [1.29, 1.82) is 0 Å². The first-order valence-corrected chi connectivity index (χ1v) is 11.5. The van der Waals surface area contributed by atoms with Gasteiger partial charge in [0.1, 0.15) is 4.90 Å². The van der Waals surface area contributed by atoms with Crippen molar-refractivity contribution in [2.45, 2.75) is 21.9 Å². The summed E-state index contributed by atoms with van der Waals surface area (Å²) in [5, 5.41) is 3.29. The third-order valence-corrected chi connectivity index (χ3v) is 6.08. The number of hydrogen-bond donors (Lipinski definition) is 3. The first-order valence-electron chi connectivity index (χ1n) is 8.94. The molecule has 9 heteroatoms. The lowest BCUT2D eigenvalue weighted by molar-refractivity contribution is 0.478. The predicted molar refractivity (Wildman–Crippen MR) is 115 cm³/mol. The Hall–Kier alpha value is -2.40. The van der Waals surface area contributed by atoms with E-state index in [1.807, 2.05) is 43.4 Å². The molecule has 30 heavy (non-hydrogen) atoms. The fourth-order valence-corrected chi connectivity index (χ4v) is 4.40. The highest BCUT2D eigenvalue weighted by atomic mass is 32.2. The Kier molecular flexibility index (Phi) is 8.85. The van der Waals surface area contributed by atoms with Crippen LogP contribution in [0.3, 0.4) is 0 Å². The molecule has 0 aliphatic heterocycles. The number of benzene rings is 3. The summed E-state index contributed by atoms with van der Waals surface area (Å²) in [5.41, 5.74) is 8.68. The van der Waals surface area contributed by atoms with Crippen molar-refractivity contribution in [3.63, 3.8) is 0 Å². The van der Waals surface area contributed by atoms with Crippen molar-refractivity contribution in [3.05, 3.63) is 96.1 Å². The lowest BCUT2D eigenvalue weighted by atomic mass is 9.94. The first-order chi connectivity index (χ1) is 14.3. The number of likely N-dealkylation sites (N-methyl/N-ethyl adjacent to an activating group) is 1. The summed E-state index contributed by atoms with van der Waals surface area (Å²) in [4.78, 5) is -1.05. The van der Waals surface area contributed by atoms with E-state index in [9.17, 15) is 17.2 Å². The van der Waals surface area contributed by atoms with Gasteiger partial charge in [-0.05, 0) is 41.4 Å². The molecule has 0 saturated carbocycles. The molecule has 3 aromatic carbocycles. The van der Waals surface area contributed by atoms with E-state index >= 15 is 0 Å². The van der Waals surface area contributed by atoms with Crippen LogP contribution in [0.1, 0.15) is 23.2 Å². The number of hydrogen-bond acceptors (Lipinski definition) is 6. The summed E-state index contributed by atoms with van der Waals surface area (Å²) in [6.45, 7) is 0. The highest BCUT2D eigenvalue weighted by Gasteiger charge is 2.19. The molecule has 160 valence electrons.